The van der Waals surface area contributed by atoms with Crippen LogP contribution in [0.3, 0.4) is 0 Å². The van der Waals surface area contributed by atoms with Gasteiger partial charge in [-0.15, -0.1) is 0 Å². The van der Waals surface area contributed by atoms with Crippen molar-refractivity contribution in [1.29, 1.82) is 0 Å². The fourth-order valence-electron chi connectivity index (χ4n) is 2.08. The molecule has 26 heavy (non-hydrogen) atoms. The van der Waals surface area contributed by atoms with Crippen LogP contribution in [0.1, 0.15) is 15.9 Å². The Morgan fingerprint density at radius 3 is 2.54 bits per heavy atom. The highest BCUT2D eigenvalue weighted by Crippen LogP contribution is 2.14. The zero-order valence-corrected chi connectivity index (χ0v) is 14.9. The molecule has 0 aromatic heterocycles. The first kappa shape index (κ1) is 19.5. The lowest BCUT2D eigenvalue weighted by molar-refractivity contribution is -0.115. The molecule has 9 heteroatoms. The number of esters is 1. The Hall–Kier alpha value is -2.78. The number of hydrogen-bond donors (Lipinski definition) is 2. The van der Waals surface area contributed by atoms with Gasteiger partial charge in [0.25, 0.3) is 0 Å². The van der Waals surface area contributed by atoms with Crippen LogP contribution in [0.15, 0.2) is 47.4 Å². The Balaban J connectivity index is 2.02. The van der Waals surface area contributed by atoms with E-state index in [2.05, 4.69) is 14.8 Å². The number of sulfonamides is 1. The van der Waals surface area contributed by atoms with Crippen LogP contribution in [0.5, 0.6) is 0 Å². The van der Waals surface area contributed by atoms with Crippen molar-refractivity contribution in [2.75, 3.05) is 19.0 Å². The van der Waals surface area contributed by atoms with Crippen molar-refractivity contribution in [3.63, 3.8) is 0 Å². The number of carbonyl (C=O) groups is 2. The van der Waals surface area contributed by atoms with Gasteiger partial charge in [-0.3, -0.25) is 4.79 Å². The third kappa shape index (κ3) is 4.87. The fraction of sp³-hybridized carbons (Fsp3) is 0.176. The van der Waals surface area contributed by atoms with Gasteiger partial charge in [0.15, 0.2) is 0 Å². The number of rotatable bonds is 6. The van der Waals surface area contributed by atoms with Crippen molar-refractivity contribution in [3.8, 4) is 0 Å². The lowest BCUT2D eigenvalue weighted by atomic mass is 10.2. The Labute approximate surface area is 150 Å². The third-order valence-corrected chi connectivity index (χ3v) is 4.83. The van der Waals surface area contributed by atoms with E-state index in [-0.39, 0.29) is 16.0 Å². The summed E-state index contributed by atoms with van der Waals surface area (Å²) in [6, 6.07) is 9.35. The molecule has 138 valence electrons. The molecule has 2 aromatic carbocycles. The van der Waals surface area contributed by atoms with Crippen LogP contribution < -0.4 is 10.0 Å². The van der Waals surface area contributed by atoms with Gasteiger partial charge in [-0.1, -0.05) is 6.07 Å². The maximum absolute atomic E-state index is 13.2. The maximum atomic E-state index is 13.2. The van der Waals surface area contributed by atoms with Gasteiger partial charge in [-0.05, 0) is 48.9 Å². The number of hydrogen-bond acceptors (Lipinski definition) is 5. The minimum atomic E-state index is -3.96. The Morgan fingerprint density at radius 1 is 1.15 bits per heavy atom. The number of halogens is 1. The molecular formula is C17H17FN2O5S. The number of nitrogens with one attached hydrogen (secondary N) is 2. The van der Waals surface area contributed by atoms with Crippen LogP contribution in [-0.2, 0) is 19.6 Å². The Morgan fingerprint density at radius 2 is 1.88 bits per heavy atom. The van der Waals surface area contributed by atoms with E-state index >= 15 is 0 Å². The highest BCUT2D eigenvalue weighted by atomic mass is 32.2. The van der Waals surface area contributed by atoms with Crippen LogP contribution in [0.4, 0.5) is 10.1 Å². The maximum Gasteiger partial charge on any atom is 0.337 e. The molecule has 0 unspecified atom stereocenters. The average molecular weight is 380 g/mol. The number of anilines is 1. The molecule has 2 N–H and O–H groups in total. The summed E-state index contributed by atoms with van der Waals surface area (Å²) < 4.78 is 44.3. The van der Waals surface area contributed by atoms with E-state index in [0.29, 0.717) is 5.69 Å². The SMILES string of the molecule is COC(=O)c1cccc(NC(=O)CNS(=O)(=O)c2ccc(F)c(C)c2)c1. The van der Waals surface area contributed by atoms with Crippen LogP contribution in [-0.4, -0.2) is 33.9 Å². The van der Waals surface area contributed by atoms with Crippen LogP contribution in [0, 0.1) is 12.7 Å². The second kappa shape index (κ2) is 8.07. The topological polar surface area (TPSA) is 102 Å². The number of methoxy groups -OCH3 is 1. The molecule has 2 aromatic rings. The summed E-state index contributed by atoms with van der Waals surface area (Å²) in [7, 11) is -2.73. The van der Waals surface area contributed by atoms with Gasteiger partial charge >= 0.3 is 5.97 Å². The van der Waals surface area contributed by atoms with E-state index in [1.165, 1.54) is 32.2 Å². The molecule has 0 fully saturated rings. The lowest BCUT2D eigenvalue weighted by Gasteiger charge is -2.09. The monoisotopic (exact) mass is 380 g/mol. The van der Waals surface area contributed by atoms with Gasteiger partial charge in [-0.25, -0.2) is 22.3 Å². The molecule has 0 bridgehead atoms. The first-order chi connectivity index (χ1) is 12.2. The summed E-state index contributed by atoms with van der Waals surface area (Å²) in [6.07, 6.45) is 0. The van der Waals surface area contributed by atoms with E-state index < -0.39 is 34.3 Å². The zero-order valence-electron chi connectivity index (χ0n) is 14.1. The van der Waals surface area contributed by atoms with Gasteiger partial charge in [0, 0.05) is 5.69 Å². The molecule has 0 aliphatic rings. The minimum absolute atomic E-state index is 0.142. The van der Waals surface area contributed by atoms with Gasteiger partial charge < -0.3 is 10.1 Å². The summed E-state index contributed by atoms with van der Waals surface area (Å²) in [4.78, 5) is 23.3. The molecule has 0 heterocycles. The van der Waals surface area contributed by atoms with Gasteiger partial charge in [0.1, 0.15) is 5.82 Å². The number of amides is 1. The molecule has 7 nitrogen and oxygen atoms in total. The van der Waals surface area contributed by atoms with Gasteiger partial charge in [0.2, 0.25) is 15.9 Å². The van der Waals surface area contributed by atoms with Gasteiger partial charge in [0.05, 0.1) is 24.1 Å². The summed E-state index contributed by atoms with van der Waals surface area (Å²) in [5.41, 5.74) is 0.736. The smallest absolute Gasteiger partial charge is 0.337 e. The van der Waals surface area contributed by atoms with Crippen LogP contribution in [0.2, 0.25) is 0 Å². The molecule has 2 rings (SSSR count). The minimum Gasteiger partial charge on any atom is -0.465 e. The lowest BCUT2D eigenvalue weighted by Crippen LogP contribution is -2.33. The van der Waals surface area contributed by atoms with Crippen LogP contribution >= 0.6 is 0 Å². The predicted molar refractivity (Wildman–Crippen MR) is 92.7 cm³/mol. The first-order valence-electron chi connectivity index (χ1n) is 7.47. The predicted octanol–water partition coefficient (Wildman–Crippen LogP) is 1.84. The normalized spacial score (nSPS) is 11.0. The van der Waals surface area contributed by atoms with Crippen molar-refractivity contribution in [2.24, 2.45) is 0 Å². The fourth-order valence-corrected chi connectivity index (χ4v) is 3.14. The number of aryl methyl sites for hydroxylation is 1. The van der Waals surface area contributed by atoms with Crippen molar-refractivity contribution < 1.29 is 27.1 Å². The van der Waals surface area contributed by atoms with Crippen molar-refractivity contribution in [2.45, 2.75) is 11.8 Å². The highest BCUT2D eigenvalue weighted by Gasteiger charge is 2.17. The van der Waals surface area contributed by atoms with E-state index in [4.69, 9.17) is 0 Å². The third-order valence-electron chi connectivity index (χ3n) is 3.43. The second-order valence-electron chi connectivity index (χ2n) is 5.36. The van der Waals surface area contributed by atoms with Crippen molar-refractivity contribution >= 4 is 27.6 Å². The molecule has 0 atom stereocenters. The quantitative estimate of drug-likeness (QED) is 0.745. The summed E-state index contributed by atoms with van der Waals surface area (Å²) in [6.45, 7) is 0.913. The van der Waals surface area contributed by atoms with E-state index in [1.807, 2.05) is 0 Å². The van der Waals surface area contributed by atoms with Gasteiger partial charge in [-0.2, -0.15) is 0 Å². The standard InChI is InChI=1S/C17H17FN2O5S/c1-11-8-14(6-7-15(11)18)26(23,24)19-10-16(21)20-13-5-3-4-12(9-13)17(22)25-2/h3-9,19H,10H2,1-2H3,(H,20,21). The van der Waals surface area contributed by atoms with E-state index in [0.717, 1.165) is 12.1 Å². The molecule has 0 saturated heterocycles. The molecule has 1 amide bonds. The number of benzene rings is 2. The van der Waals surface area contributed by atoms with E-state index in [1.54, 1.807) is 12.1 Å². The largest absolute Gasteiger partial charge is 0.465 e. The average Bonchev–Trinajstić information content (AvgIpc) is 2.62. The molecule has 0 spiro atoms. The Bertz CT molecular complexity index is 944. The molecule has 0 aliphatic carbocycles. The van der Waals surface area contributed by atoms with Crippen molar-refractivity contribution in [1.82, 2.24) is 4.72 Å². The van der Waals surface area contributed by atoms with Crippen molar-refractivity contribution in [3.05, 3.63) is 59.4 Å². The summed E-state index contributed by atoms with van der Waals surface area (Å²) >= 11 is 0. The first-order valence-corrected chi connectivity index (χ1v) is 8.95. The molecule has 0 saturated carbocycles. The highest BCUT2D eigenvalue weighted by molar-refractivity contribution is 7.89. The summed E-state index contributed by atoms with van der Waals surface area (Å²) in [5, 5.41) is 2.47. The van der Waals surface area contributed by atoms with E-state index in [9.17, 15) is 22.4 Å². The molecule has 0 aliphatic heterocycles. The molecule has 0 radical (unpaired) electrons. The van der Waals surface area contributed by atoms with Crippen LogP contribution in [0.25, 0.3) is 0 Å². The zero-order chi connectivity index (χ0) is 19.3. The number of ether oxygens (including phenoxy) is 1. The second-order valence-corrected chi connectivity index (χ2v) is 7.12. The summed E-state index contributed by atoms with van der Waals surface area (Å²) in [5.74, 6) is -1.71. The molecular weight excluding hydrogens is 363 g/mol. The Kier molecular flexibility index (Phi) is 6.06. The number of carbonyl (C=O) groups excluding carboxylic acids is 2.